The summed E-state index contributed by atoms with van der Waals surface area (Å²) < 4.78 is 43.1. The molecule has 21 atom stereocenters. The smallest absolute Gasteiger partial charge is 0.303 e. The van der Waals surface area contributed by atoms with Gasteiger partial charge < -0.3 is 68.9 Å². The highest BCUT2D eigenvalue weighted by Gasteiger charge is 2.84. The van der Waals surface area contributed by atoms with Crippen LogP contribution in [0.25, 0.3) is 0 Å². The second-order valence-electron chi connectivity index (χ2n) is 20.9. The lowest BCUT2D eigenvalue weighted by atomic mass is 9.42. The Morgan fingerprint density at radius 2 is 1.47 bits per heavy atom. The molecule has 2 spiro atoms. The van der Waals surface area contributed by atoms with Crippen molar-refractivity contribution in [2.24, 2.45) is 39.4 Å². The monoisotopic (exact) mass is 840 g/mol. The van der Waals surface area contributed by atoms with E-state index in [-0.39, 0.29) is 52.8 Å². The summed E-state index contributed by atoms with van der Waals surface area (Å²) in [4.78, 5) is 24.3. The third-order valence-corrected chi connectivity index (χ3v) is 17.3. The lowest BCUT2D eigenvalue weighted by Crippen LogP contribution is -2.63. The largest absolute Gasteiger partial charge is 0.455 e. The molecule has 0 unspecified atom stereocenters. The summed E-state index contributed by atoms with van der Waals surface area (Å²) in [6.45, 7) is 11.9. The Labute approximate surface area is 346 Å². The molecule has 7 N–H and O–H groups in total. The number of aliphatic hydroxyl groups excluding tert-OH is 6. The van der Waals surface area contributed by atoms with Crippen LogP contribution in [0.4, 0.5) is 0 Å². The maximum absolute atomic E-state index is 12.3. The number of carbonyl (C=O) groups is 2. The van der Waals surface area contributed by atoms with Crippen molar-refractivity contribution < 1.29 is 78.5 Å². The Morgan fingerprint density at radius 3 is 2.12 bits per heavy atom. The predicted octanol–water partition coefficient (Wildman–Crippen LogP) is 1.23. The third-order valence-electron chi connectivity index (χ3n) is 17.3. The van der Waals surface area contributed by atoms with Gasteiger partial charge in [-0.25, -0.2) is 0 Å². The van der Waals surface area contributed by atoms with Gasteiger partial charge in [-0.3, -0.25) is 9.59 Å². The molecule has 59 heavy (non-hydrogen) atoms. The zero-order valence-electron chi connectivity index (χ0n) is 35.5. The molecule has 3 aliphatic heterocycles. The van der Waals surface area contributed by atoms with Gasteiger partial charge in [0.05, 0.1) is 48.8 Å². The number of ether oxygens (including phenoxy) is 7. The normalized spacial score (nSPS) is 54.3. The minimum Gasteiger partial charge on any atom is -0.455 e. The van der Waals surface area contributed by atoms with Crippen molar-refractivity contribution in [2.75, 3.05) is 13.2 Å². The number of rotatable bonds is 9. The number of esters is 2. The quantitative estimate of drug-likeness (QED) is 0.128. The van der Waals surface area contributed by atoms with E-state index in [1.807, 2.05) is 0 Å². The minimum absolute atomic E-state index is 0.0172. The molecular formula is C43H68O16. The molecule has 0 aromatic rings. The standard InChI is InChI=1S/C43H68O16/c1-20(45)54-33-25(48)18-53-37(34(33)55-21(2)46)56-22-8-9-23-26(57-36-32(51)31(50)30(49)27(17-44)58-36)14-28-40(6)16-24(47)35(41(7)11-10-29(59-41)38(3,4)52)39(40,5)12-13-42(28)19-43(23,42)15-22/h22-37,44,47-52H,8-19H2,1-7H3/t22-,23+,24-,25+,26-,27+,28-,29-,30+,31-,32+,33-,34+,35-,36+,37-,39+,40-,41+,42+,43+/m0/s1. The molecule has 0 radical (unpaired) electrons. The van der Waals surface area contributed by atoms with Crippen LogP contribution in [0.3, 0.4) is 0 Å². The molecule has 0 bridgehead atoms. The summed E-state index contributed by atoms with van der Waals surface area (Å²) in [7, 11) is 0. The van der Waals surface area contributed by atoms with Crippen molar-refractivity contribution in [1.82, 2.24) is 0 Å². The average Bonchev–Trinajstić information content (AvgIpc) is 3.49. The van der Waals surface area contributed by atoms with Crippen LogP contribution < -0.4 is 0 Å². The first-order valence-corrected chi connectivity index (χ1v) is 21.9. The summed E-state index contributed by atoms with van der Waals surface area (Å²) in [5, 5.41) is 76.4. The van der Waals surface area contributed by atoms with Gasteiger partial charge in [0.25, 0.3) is 0 Å². The molecule has 16 heteroatoms. The Morgan fingerprint density at radius 1 is 0.780 bits per heavy atom. The van der Waals surface area contributed by atoms with E-state index in [0.29, 0.717) is 44.9 Å². The van der Waals surface area contributed by atoms with Crippen LogP contribution in [-0.4, -0.2) is 152 Å². The van der Waals surface area contributed by atoms with Gasteiger partial charge >= 0.3 is 11.9 Å². The van der Waals surface area contributed by atoms with Crippen molar-refractivity contribution in [1.29, 1.82) is 0 Å². The fourth-order valence-corrected chi connectivity index (χ4v) is 14.6. The topological polar surface area (TPSA) is 240 Å². The van der Waals surface area contributed by atoms with Gasteiger partial charge in [-0.15, -0.1) is 0 Å². The van der Waals surface area contributed by atoms with Crippen LogP contribution in [0.2, 0.25) is 0 Å². The van der Waals surface area contributed by atoms with Crippen LogP contribution in [-0.2, 0) is 42.7 Å². The van der Waals surface area contributed by atoms with E-state index in [4.69, 9.17) is 33.2 Å². The molecule has 8 fully saturated rings. The van der Waals surface area contributed by atoms with E-state index in [1.165, 1.54) is 13.8 Å². The van der Waals surface area contributed by atoms with Gasteiger partial charge in [-0.05, 0) is 118 Å². The first kappa shape index (κ1) is 44.1. The van der Waals surface area contributed by atoms with Crippen LogP contribution in [0.5, 0.6) is 0 Å². The van der Waals surface area contributed by atoms with Crippen molar-refractivity contribution in [3.63, 3.8) is 0 Å². The molecular weight excluding hydrogens is 772 g/mol. The SMILES string of the molecule is CC(=O)O[C@@H]1[C@@H](OC(C)=O)[C@H](O[C@H]2CC[C@@H]3[C@@H](O[C@@H]4O[C@H](CO)[C@@H](O)[C@H](O)[C@H]4O)C[C@@H]4[C@@]5(CC[C@]6(C)[C@@H]([C@@]7(C)CC[C@@H](C(C)(C)O)O7)[C@@H](O)C[C@@]46C)C[C@]35C2)OC[C@H]1O. The van der Waals surface area contributed by atoms with E-state index in [2.05, 4.69) is 20.8 Å². The third kappa shape index (κ3) is 6.84. The molecule has 3 saturated heterocycles. The zero-order valence-corrected chi connectivity index (χ0v) is 35.5. The first-order chi connectivity index (χ1) is 27.5. The molecule has 16 nitrogen and oxygen atoms in total. The van der Waals surface area contributed by atoms with Gasteiger partial charge in [-0.2, -0.15) is 0 Å². The Balaban J connectivity index is 1.12. The zero-order chi connectivity index (χ0) is 42.8. The summed E-state index contributed by atoms with van der Waals surface area (Å²) in [5.41, 5.74) is -2.91. The highest BCUT2D eigenvalue weighted by Crippen LogP contribution is 2.88. The summed E-state index contributed by atoms with van der Waals surface area (Å²) in [5.74, 6) is -1.47. The number of fused-ring (bicyclic) bond motifs is 2. The predicted molar refractivity (Wildman–Crippen MR) is 204 cm³/mol. The van der Waals surface area contributed by atoms with E-state index >= 15 is 0 Å². The molecule has 0 aromatic heterocycles. The molecule has 8 aliphatic rings. The van der Waals surface area contributed by atoms with E-state index in [9.17, 15) is 45.3 Å². The maximum Gasteiger partial charge on any atom is 0.303 e. The van der Waals surface area contributed by atoms with Crippen LogP contribution in [0.15, 0.2) is 0 Å². The molecule has 8 rings (SSSR count). The fraction of sp³-hybridized carbons (Fsp3) is 0.953. The van der Waals surface area contributed by atoms with E-state index < -0.39 is 103 Å². The highest BCUT2D eigenvalue weighted by atomic mass is 16.7. The number of carbonyl (C=O) groups excluding carboxylic acids is 2. The molecule has 5 saturated carbocycles. The van der Waals surface area contributed by atoms with Crippen LogP contribution in [0.1, 0.15) is 113 Å². The summed E-state index contributed by atoms with van der Waals surface area (Å²) >= 11 is 0. The summed E-state index contributed by atoms with van der Waals surface area (Å²) in [6.07, 6.45) is -6.72. The van der Waals surface area contributed by atoms with Gasteiger partial charge in [0, 0.05) is 19.8 Å². The van der Waals surface area contributed by atoms with Crippen LogP contribution in [0, 0.1) is 39.4 Å². The maximum atomic E-state index is 12.3. The van der Waals surface area contributed by atoms with Crippen molar-refractivity contribution in [2.45, 2.75) is 204 Å². The lowest BCUT2D eigenvalue weighted by molar-refractivity contribution is -0.327. The van der Waals surface area contributed by atoms with Crippen molar-refractivity contribution >= 4 is 11.9 Å². The van der Waals surface area contributed by atoms with Gasteiger partial charge in [0.1, 0.15) is 30.5 Å². The van der Waals surface area contributed by atoms with Gasteiger partial charge in [-0.1, -0.05) is 13.8 Å². The van der Waals surface area contributed by atoms with E-state index in [0.717, 1.165) is 19.3 Å². The van der Waals surface area contributed by atoms with Crippen molar-refractivity contribution in [3.05, 3.63) is 0 Å². The Kier molecular flexibility index (Phi) is 11.2. The summed E-state index contributed by atoms with van der Waals surface area (Å²) in [6, 6.07) is 0. The molecule has 3 heterocycles. The molecule has 0 aromatic carbocycles. The second kappa shape index (κ2) is 15.0. The van der Waals surface area contributed by atoms with Crippen molar-refractivity contribution in [3.8, 4) is 0 Å². The Bertz CT molecular complexity index is 1600. The second-order valence-corrected chi connectivity index (χ2v) is 20.9. The number of hydrogen-bond acceptors (Lipinski definition) is 16. The number of aliphatic hydroxyl groups is 7. The van der Waals surface area contributed by atoms with E-state index in [1.54, 1.807) is 13.8 Å². The number of hydrogen-bond donors (Lipinski definition) is 7. The van der Waals surface area contributed by atoms with Gasteiger partial charge in [0.15, 0.2) is 24.8 Å². The molecule has 0 amide bonds. The van der Waals surface area contributed by atoms with Crippen LogP contribution >= 0.6 is 0 Å². The molecule has 5 aliphatic carbocycles. The molecule has 336 valence electrons. The first-order valence-electron chi connectivity index (χ1n) is 21.9. The highest BCUT2D eigenvalue weighted by molar-refractivity contribution is 5.67. The van der Waals surface area contributed by atoms with Gasteiger partial charge in [0.2, 0.25) is 0 Å². The average molecular weight is 841 g/mol. The fourth-order valence-electron chi connectivity index (χ4n) is 14.6. The lowest BCUT2D eigenvalue weighted by Gasteiger charge is -2.63. The Hall–Kier alpha value is -1.54. The minimum atomic E-state index is -1.59.